The minimum absolute atomic E-state index is 0.313. The lowest BCUT2D eigenvalue weighted by molar-refractivity contribution is 0.102. The Kier molecular flexibility index (Phi) is 5.99. The number of benzene rings is 1. The number of carbonyl (C=O) groups excluding carboxylic acids is 1. The summed E-state index contributed by atoms with van der Waals surface area (Å²) in [5.74, 6) is 0.330. The summed E-state index contributed by atoms with van der Waals surface area (Å²) >= 11 is 0. The average molecular weight is 416 g/mol. The summed E-state index contributed by atoms with van der Waals surface area (Å²) in [5, 5.41) is 10.7. The molecule has 0 unspecified atom stereocenters. The first-order valence-electron chi connectivity index (χ1n) is 10.2. The Hall–Kier alpha value is -3.65. The van der Waals surface area contributed by atoms with Crippen molar-refractivity contribution in [1.82, 2.24) is 25.1 Å². The van der Waals surface area contributed by atoms with E-state index in [9.17, 15) is 4.79 Å². The molecule has 0 saturated carbocycles. The van der Waals surface area contributed by atoms with E-state index in [1.807, 2.05) is 18.2 Å². The van der Waals surface area contributed by atoms with E-state index in [0.717, 1.165) is 47.2 Å². The molecule has 1 fully saturated rings. The molecule has 1 amide bonds. The second-order valence-electron chi connectivity index (χ2n) is 7.65. The summed E-state index contributed by atoms with van der Waals surface area (Å²) in [6.45, 7) is 10.5. The third-order valence-electron chi connectivity index (χ3n) is 5.29. The number of allylic oxidation sites excluding steroid dienone is 1. The van der Waals surface area contributed by atoms with E-state index in [-0.39, 0.29) is 5.91 Å². The Morgan fingerprint density at radius 3 is 2.77 bits per heavy atom. The van der Waals surface area contributed by atoms with Gasteiger partial charge in [-0.2, -0.15) is 5.10 Å². The van der Waals surface area contributed by atoms with Crippen LogP contribution in [0.5, 0.6) is 0 Å². The van der Waals surface area contributed by atoms with Crippen molar-refractivity contribution < 1.29 is 4.79 Å². The lowest BCUT2D eigenvalue weighted by Crippen LogP contribution is -2.38. The first-order chi connectivity index (χ1) is 15.0. The number of aliphatic imine (C=N–C) groups is 1. The van der Waals surface area contributed by atoms with Gasteiger partial charge in [-0.1, -0.05) is 12.1 Å². The molecule has 0 aliphatic carbocycles. The highest BCUT2D eigenvalue weighted by Gasteiger charge is 2.17. The number of hydrogen-bond donors (Lipinski definition) is 2. The number of rotatable bonds is 7. The van der Waals surface area contributed by atoms with Crippen LogP contribution in [0.25, 0.3) is 16.5 Å². The quantitative estimate of drug-likeness (QED) is 0.454. The number of nitrogens with one attached hydrogen (secondary N) is 2. The summed E-state index contributed by atoms with van der Waals surface area (Å²) in [7, 11) is 0. The molecule has 1 aliphatic rings. The summed E-state index contributed by atoms with van der Waals surface area (Å²) in [4.78, 5) is 27.3. The average Bonchev–Trinajstić information content (AvgIpc) is 3.15. The van der Waals surface area contributed by atoms with E-state index >= 15 is 0 Å². The van der Waals surface area contributed by atoms with Crippen molar-refractivity contribution in [2.45, 2.75) is 20.3 Å². The Morgan fingerprint density at radius 2 is 2.10 bits per heavy atom. The molecule has 8 heteroatoms. The first kappa shape index (κ1) is 20.6. The van der Waals surface area contributed by atoms with Crippen molar-refractivity contribution in [3.63, 3.8) is 0 Å². The van der Waals surface area contributed by atoms with Gasteiger partial charge in [-0.15, -0.1) is 0 Å². The van der Waals surface area contributed by atoms with Gasteiger partial charge in [0.05, 0.1) is 23.6 Å². The molecular weight excluding hydrogens is 390 g/mol. The van der Waals surface area contributed by atoms with Crippen LogP contribution in [0, 0.1) is 6.92 Å². The number of carbonyl (C=O) groups is 1. The molecule has 1 saturated heterocycles. The Balaban J connectivity index is 1.59. The second kappa shape index (κ2) is 9.01. The monoisotopic (exact) mass is 415 g/mol. The van der Waals surface area contributed by atoms with Gasteiger partial charge in [0, 0.05) is 18.1 Å². The van der Waals surface area contributed by atoms with Crippen molar-refractivity contribution in [2.24, 2.45) is 4.99 Å². The molecule has 4 rings (SSSR count). The smallest absolute Gasteiger partial charge is 0.276 e. The van der Waals surface area contributed by atoms with E-state index < -0.39 is 0 Å². The highest BCUT2D eigenvalue weighted by molar-refractivity contribution is 6.11. The Morgan fingerprint density at radius 1 is 1.32 bits per heavy atom. The van der Waals surface area contributed by atoms with Gasteiger partial charge < -0.3 is 5.32 Å². The topological polar surface area (TPSA) is 99.2 Å². The number of likely N-dealkylation sites (tertiary alicyclic amines) is 1. The maximum atomic E-state index is 12.8. The molecule has 0 radical (unpaired) electrons. The van der Waals surface area contributed by atoms with Gasteiger partial charge in [0.15, 0.2) is 5.69 Å². The standard InChI is InChI=1S/C23H25N7O/c1-15(9-17(11-24-3)14-30-7-4-8-30)18-5-6-21-20(10-18)22(29-28-21)23(31)27-19-12-25-16(2)26-13-19/h5-6,9-13H,3-4,7-8,14H2,1-2H3,(H,27,31)(H,28,29)/b15-9+,17-11+. The lowest BCUT2D eigenvalue weighted by Gasteiger charge is -2.30. The Labute approximate surface area is 180 Å². The number of aromatic nitrogens is 4. The number of fused-ring (bicyclic) bond motifs is 1. The third kappa shape index (κ3) is 4.75. The predicted molar refractivity (Wildman–Crippen MR) is 123 cm³/mol. The van der Waals surface area contributed by atoms with Crippen molar-refractivity contribution in [1.29, 1.82) is 0 Å². The van der Waals surface area contributed by atoms with E-state index in [2.05, 4.69) is 55.1 Å². The minimum atomic E-state index is -0.313. The van der Waals surface area contributed by atoms with Crippen LogP contribution < -0.4 is 5.32 Å². The highest BCUT2D eigenvalue weighted by Crippen LogP contribution is 2.24. The molecule has 0 bridgehead atoms. The molecule has 3 aromatic rings. The SMILES string of the molecule is C=N/C=C(\C=C(/C)c1ccc2[nH]nc(C(=O)Nc3cnc(C)nc3)c2c1)CN1CCC1. The van der Waals surface area contributed by atoms with Crippen LogP contribution in [0.3, 0.4) is 0 Å². The molecule has 158 valence electrons. The van der Waals surface area contributed by atoms with Crippen molar-refractivity contribution in [3.05, 3.63) is 65.5 Å². The van der Waals surface area contributed by atoms with Gasteiger partial charge in [0.2, 0.25) is 0 Å². The van der Waals surface area contributed by atoms with Gasteiger partial charge >= 0.3 is 0 Å². The number of H-pyrrole nitrogens is 1. The minimum Gasteiger partial charge on any atom is -0.318 e. The number of amides is 1. The molecule has 31 heavy (non-hydrogen) atoms. The van der Waals surface area contributed by atoms with Crippen LogP contribution in [0.4, 0.5) is 5.69 Å². The van der Waals surface area contributed by atoms with E-state index in [0.29, 0.717) is 17.2 Å². The zero-order chi connectivity index (χ0) is 21.8. The normalized spacial score (nSPS) is 15.0. The largest absolute Gasteiger partial charge is 0.318 e. The molecule has 8 nitrogen and oxygen atoms in total. The third-order valence-corrected chi connectivity index (χ3v) is 5.29. The number of anilines is 1. The first-order valence-corrected chi connectivity index (χ1v) is 10.2. The molecule has 0 atom stereocenters. The maximum Gasteiger partial charge on any atom is 0.276 e. The van der Waals surface area contributed by atoms with Crippen molar-refractivity contribution >= 4 is 34.8 Å². The summed E-state index contributed by atoms with van der Waals surface area (Å²) in [6, 6.07) is 5.93. The second-order valence-corrected chi connectivity index (χ2v) is 7.65. The molecular formula is C23H25N7O. The molecule has 2 aromatic heterocycles. The number of aromatic amines is 1. The summed E-state index contributed by atoms with van der Waals surface area (Å²) < 4.78 is 0. The number of hydrogen-bond acceptors (Lipinski definition) is 6. The highest BCUT2D eigenvalue weighted by atomic mass is 16.1. The number of aryl methyl sites for hydroxylation is 1. The zero-order valence-corrected chi connectivity index (χ0v) is 17.7. The fraction of sp³-hybridized carbons (Fsp3) is 0.261. The maximum absolute atomic E-state index is 12.8. The fourth-order valence-corrected chi connectivity index (χ4v) is 3.48. The predicted octanol–water partition coefficient (Wildman–Crippen LogP) is 3.61. The van der Waals surface area contributed by atoms with Crippen molar-refractivity contribution in [3.8, 4) is 0 Å². The van der Waals surface area contributed by atoms with E-state index in [4.69, 9.17) is 0 Å². The molecule has 3 heterocycles. The van der Waals surface area contributed by atoms with Crippen LogP contribution in [0.15, 0.2) is 53.4 Å². The molecule has 1 aromatic carbocycles. The zero-order valence-electron chi connectivity index (χ0n) is 17.7. The lowest BCUT2D eigenvalue weighted by atomic mass is 10.0. The van der Waals surface area contributed by atoms with E-state index in [1.54, 1.807) is 25.5 Å². The number of nitrogens with zero attached hydrogens (tertiary/aromatic N) is 5. The summed E-state index contributed by atoms with van der Waals surface area (Å²) in [6.07, 6.45) is 8.33. The van der Waals surface area contributed by atoms with Crippen LogP contribution >= 0.6 is 0 Å². The molecule has 0 spiro atoms. The Bertz CT molecular complexity index is 1170. The van der Waals surface area contributed by atoms with Gasteiger partial charge in [-0.25, -0.2) is 9.97 Å². The van der Waals surface area contributed by atoms with Gasteiger partial charge in [-0.05, 0) is 68.9 Å². The van der Waals surface area contributed by atoms with Crippen LogP contribution in [-0.2, 0) is 0 Å². The van der Waals surface area contributed by atoms with Crippen LogP contribution in [-0.4, -0.2) is 57.3 Å². The molecule has 1 aliphatic heterocycles. The van der Waals surface area contributed by atoms with E-state index in [1.165, 1.54) is 6.42 Å². The fourth-order valence-electron chi connectivity index (χ4n) is 3.48. The van der Waals surface area contributed by atoms with Crippen LogP contribution in [0.2, 0.25) is 0 Å². The van der Waals surface area contributed by atoms with Gasteiger partial charge in [-0.3, -0.25) is 19.8 Å². The van der Waals surface area contributed by atoms with Gasteiger partial charge in [0.1, 0.15) is 5.82 Å². The summed E-state index contributed by atoms with van der Waals surface area (Å²) in [5.41, 5.74) is 4.85. The van der Waals surface area contributed by atoms with Crippen LogP contribution in [0.1, 0.15) is 35.2 Å². The van der Waals surface area contributed by atoms with Gasteiger partial charge in [0.25, 0.3) is 5.91 Å². The van der Waals surface area contributed by atoms with Crippen molar-refractivity contribution in [2.75, 3.05) is 25.0 Å². The molecule has 2 N–H and O–H groups in total.